The van der Waals surface area contributed by atoms with Gasteiger partial charge in [-0.15, -0.1) is 0 Å². The van der Waals surface area contributed by atoms with Gasteiger partial charge in [0.15, 0.2) is 0 Å². The summed E-state index contributed by atoms with van der Waals surface area (Å²) in [4.78, 5) is 28.4. The molecular formula is C30H36ClN3O4S. The van der Waals surface area contributed by atoms with E-state index in [4.69, 9.17) is 11.6 Å². The molecule has 2 atom stereocenters. The van der Waals surface area contributed by atoms with Gasteiger partial charge in [-0.05, 0) is 69.5 Å². The van der Waals surface area contributed by atoms with E-state index in [-0.39, 0.29) is 29.1 Å². The molecule has 208 valence electrons. The van der Waals surface area contributed by atoms with Gasteiger partial charge in [-0.3, -0.25) is 13.9 Å². The molecule has 0 saturated carbocycles. The third kappa shape index (κ3) is 8.07. The standard InChI is InChI=1S/C30H36ClN3O4S/c1-5-23(3)32-30(36)24(4)33(19-18-25-10-7-6-8-11-25)29(35)21-34(27-13-9-12-26(31)20-27)39(37,38)28-16-14-22(2)15-17-28/h6-17,20,23-24H,5,18-19,21H2,1-4H3,(H,32,36)/t23-,24+/m0/s1. The van der Waals surface area contributed by atoms with Crippen molar-refractivity contribution in [2.45, 2.75) is 57.5 Å². The van der Waals surface area contributed by atoms with Gasteiger partial charge < -0.3 is 10.2 Å². The Morgan fingerprint density at radius 2 is 1.62 bits per heavy atom. The molecule has 0 aliphatic rings. The van der Waals surface area contributed by atoms with Crippen molar-refractivity contribution in [2.24, 2.45) is 0 Å². The SMILES string of the molecule is CC[C@H](C)NC(=O)[C@@H](C)N(CCc1ccccc1)C(=O)CN(c1cccc(Cl)c1)S(=O)(=O)c1ccc(C)cc1. The summed E-state index contributed by atoms with van der Waals surface area (Å²) in [5.74, 6) is -0.783. The number of carbonyl (C=O) groups is 2. The Hall–Kier alpha value is -3.36. The highest BCUT2D eigenvalue weighted by molar-refractivity contribution is 7.92. The van der Waals surface area contributed by atoms with Gasteiger partial charge in [0, 0.05) is 17.6 Å². The monoisotopic (exact) mass is 569 g/mol. The normalized spacial score (nSPS) is 12.8. The Labute approximate surface area is 236 Å². The summed E-state index contributed by atoms with van der Waals surface area (Å²) in [6.45, 7) is 7.14. The number of sulfonamides is 1. The first kappa shape index (κ1) is 30.2. The minimum absolute atomic E-state index is 0.0549. The van der Waals surface area contributed by atoms with Crippen LogP contribution >= 0.6 is 11.6 Å². The van der Waals surface area contributed by atoms with Crippen LogP contribution in [0.15, 0.2) is 83.8 Å². The first-order chi connectivity index (χ1) is 18.5. The first-order valence-electron chi connectivity index (χ1n) is 13.0. The summed E-state index contributed by atoms with van der Waals surface area (Å²) >= 11 is 6.21. The van der Waals surface area contributed by atoms with Crippen LogP contribution in [0.1, 0.15) is 38.3 Å². The van der Waals surface area contributed by atoms with Crippen LogP contribution in [0.25, 0.3) is 0 Å². The maximum Gasteiger partial charge on any atom is 0.264 e. The third-order valence-corrected chi connectivity index (χ3v) is 8.66. The predicted octanol–water partition coefficient (Wildman–Crippen LogP) is 5.22. The molecule has 0 fully saturated rings. The quantitative estimate of drug-likeness (QED) is 0.324. The number of nitrogens with one attached hydrogen (secondary N) is 1. The van der Waals surface area contributed by atoms with E-state index in [1.54, 1.807) is 37.3 Å². The molecule has 7 nitrogen and oxygen atoms in total. The maximum absolute atomic E-state index is 13.9. The van der Waals surface area contributed by atoms with Crippen molar-refractivity contribution in [3.05, 3.63) is 95.0 Å². The van der Waals surface area contributed by atoms with Crippen LogP contribution in [0.5, 0.6) is 0 Å². The molecule has 1 N–H and O–H groups in total. The largest absolute Gasteiger partial charge is 0.352 e. The molecular weight excluding hydrogens is 534 g/mol. The van der Waals surface area contributed by atoms with Gasteiger partial charge in [-0.1, -0.05) is 72.6 Å². The second-order valence-corrected chi connectivity index (χ2v) is 11.9. The second kappa shape index (κ2) is 13.6. The molecule has 0 aromatic heterocycles. The number of amides is 2. The minimum Gasteiger partial charge on any atom is -0.352 e. The number of hydrogen-bond acceptors (Lipinski definition) is 4. The van der Waals surface area contributed by atoms with Crippen molar-refractivity contribution < 1.29 is 18.0 Å². The summed E-state index contributed by atoms with van der Waals surface area (Å²) in [6.07, 6.45) is 1.25. The third-order valence-electron chi connectivity index (χ3n) is 6.64. The Bertz CT molecular complexity index is 1360. The average Bonchev–Trinajstić information content (AvgIpc) is 2.92. The van der Waals surface area contributed by atoms with E-state index < -0.39 is 28.5 Å². The number of hydrogen-bond donors (Lipinski definition) is 1. The van der Waals surface area contributed by atoms with Crippen molar-refractivity contribution in [3.63, 3.8) is 0 Å². The highest BCUT2D eigenvalue weighted by Crippen LogP contribution is 2.27. The molecule has 0 aliphatic carbocycles. The van der Waals surface area contributed by atoms with Gasteiger partial charge in [0.1, 0.15) is 12.6 Å². The first-order valence-corrected chi connectivity index (χ1v) is 14.8. The van der Waals surface area contributed by atoms with E-state index in [0.29, 0.717) is 11.4 Å². The van der Waals surface area contributed by atoms with Crippen molar-refractivity contribution in [1.82, 2.24) is 10.2 Å². The van der Waals surface area contributed by atoms with E-state index >= 15 is 0 Å². The van der Waals surface area contributed by atoms with E-state index in [0.717, 1.165) is 21.9 Å². The van der Waals surface area contributed by atoms with Crippen LogP contribution in [-0.4, -0.2) is 50.3 Å². The molecule has 3 rings (SSSR count). The Kier molecular flexibility index (Phi) is 10.5. The molecule has 0 saturated heterocycles. The molecule has 0 unspecified atom stereocenters. The van der Waals surface area contributed by atoms with E-state index in [1.165, 1.54) is 23.1 Å². The average molecular weight is 570 g/mol. The summed E-state index contributed by atoms with van der Waals surface area (Å²) < 4.78 is 28.7. The zero-order valence-electron chi connectivity index (χ0n) is 22.8. The number of halogens is 1. The van der Waals surface area contributed by atoms with Crippen molar-refractivity contribution in [1.29, 1.82) is 0 Å². The number of benzene rings is 3. The summed E-state index contributed by atoms with van der Waals surface area (Å²) in [5, 5.41) is 3.27. The molecule has 3 aromatic rings. The highest BCUT2D eigenvalue weighted by Gasteiger charge is 2.32. The topological polar surface area (TPSA) is 86.8 Å². The molecule has 0 radical (unpaired) electrons. The number of rotatable bonds is 12. The van der Waals surface area contributed by atoms with Crippen LogP contribution in [0, 0.1) is 6.92 Å². The lowest BCUT2D eigenvalue weighted by Gasteiger charge is -2.32. The number of carbonyl (C=O) groups excluding carboxylic acids is 2. The molecule has 2 amide bonds. The summed E-state index contributed by atoms with van der Waals surface area (Å²) in [5.41, 5.74) is 2.17. The number of nitrogens with zero attached hydrogens (tertiary/aromatic N) is 2. The van der Waals surface area contributed by atoms with Crippen molar-refractivity contribution in [3.8, 4) is 0 Å². The Morgan fingerprint density at radius 1 is 0.949 bits per heavy atom. The van der Waals surface area contributed by atoms with Crippen LogP contribution in [0.4, 0.5) is 5.69 Å². The van der Waals surface area contributed by atoms with Crippen molar-refractivity contribution >= 4 is 39.1 Å². The van der Waals surface area contributed by atoms with Crippen LogP contribution in [0.2, 0.25) is 5.02 Å². The van der Waals surface area contributed by atoms with Gasteiger partial charge in [0.25, 0.3) is 10.0 Å². The lowest BCUT2D eigenvalue weighted by molar-refractivity contribution is -0.139. The minimum atomic E-state index is -4.13. The van der Waals surface area contributed by atoms with Gasteiger partial charge in [0.2, 0.25) is 11.8 Å². The smallest absolute Gasteiger partial charge is 0.264 e. The molecule has 3 aromatic carbocycles. The summed E-state index contributed by atoms with van der Waals surface area (Å²) in [6, 6.07) is 21.6. The fraction of sp³-hybridized carbons (Fsp3) is 0.333. The van der Waals surface area contributed by atoms with E-state index in [9.17, 15) is 18.0 Å². The molecule has 0 heterocycles. The van der Waals surface area contributed by atoms with Gasteiger partial charge >= 0.3 is 0 Å². The second-order valence-electron chi connectivity index (χ2n) is 9.62. The molecule has 39 heavy (non-hydrogen) atoms. The number of anilines is 1. The Morgan fingerprint density at radius 3 is 2.23 bits per heavy atom. The lowest BCUT2D eigenvalue weighted by Crippen LogP contribution is -2.53. The highest BCUT2D eigenvalue weighted by atomic mass is 35.5. The van der Waals surface area contributed by atoms with Gasteiger partial charge in [-0.2, -0.15) is 0 Å². The molecule has 0 spiro atoms. The zero-order chi connectivity index (χ0) is 28.6. The summed E-state index contributed by atoms with van der Waals surface area (Å²) in [7, 11) is -4.13. The Balaban J connectivity index is 1.97. The van der Waals surface area contributed by atoms with Crippen LogP contribution < -0.4 is 9.62 Å². The molecule has 9 heteroatoms. The zero-order valence-corrected chi connectivity index (χ0v) is 24.4. The van der Waals surface area contributed by atoms with Crippen molar-refractivity contribution in [2.75, 3.05) is 17.4 Å². The van der Waals surface area contributed by atoms with E-state index in [2.05, 4.69) is 5.32 Å². The maximum atomic E-state index is 13.9. The predicted molar refractivity (Wildman–Crippen MR) is 156 cm³/mol. The fourth-order valence-electron chi connectivity index (χ4n) is 4.03. The van der Waals surface area contributed by atoms with E-state index in [1.807, 2.05) is 51.1 Å². The molecule has 0 aliphatic heterocycles. The fourth-order valence-corrected chi connectivity index (χ4v) is 5.62. The lowest BCUT2D eigenvalue weighted by atomic mass is 10.1. The van der Waals surface area contributed by atoms with Crippen LogP contribution in [0.3, 0.4) is 0 Å². The van der Waals surface area contributed by atoms with Gasteiger partial charge in [0.05, 0.1) is 10.6 Å². The molecule has 0 bridgehead atoms. The van der Waals surface area contributed by atoms with Crippen LogP contribution in [-0.2, 0) is 26.0 Å². The number of aryl methyl sites for hydroxylation is 1. The van der Waals surface area contributed by atoms with Gasteiger partial charge in [-0.25, -0.2) is 8.42 Å².